The third kappa shape index (κ3) is 5.23. The molecule has 1 aliphatic rings. The minimum Gasteiger partial charge on any atom is -0.502 e. The minimum absolute atomic E-state index is 0.0431. The lowest BCUT2D eigenvalue weighted by atomic mass is 10.0. The Morgan fingerprint density at radius 3 is 1.91 bits per heavy atom. The van der Waals surface area contributed by atoms with Crippen molar-refractivity contribution < 1.29 is 19.4 Å². The molecule has 4 aromatic carbocycles. The van der Waals surface area contributed by atoms with Crippen LogP contribution in [0.1, 0.15) is 36.8 Å². The molecule has 0 radical (unpaired) electrons. The van der Waals surface area contributed by atoms with E-state index in [2.05, 4.69) is 4.57 Å². The molecule has 0 fully saturated rings. The number of anilines is 1. The number of rotatable bonds is 10. The van der Waals surface area contributed by atoms with Gasteiger partial charge in [-0.3, -0.25) is 9.59 Å². The van der Waals surface area contributed by atoms with Gasteiger partial charge in [-0.1, -0.05) is 55.3 Å². The molecule has 7 nitrogen and oxygen atoms in total. The van der Waals surface area contributed by atoms with Crippen LogP contribution in [0.15, 0.2) is 89.7 Å². The fraction of sp³-hybridized carbons (Fsp3) is 0.222. The molecule has 0 bridgehead atoms. The number of carbonyl (C=O) groups excluding carboxylic acids is 1. The topological polar surface area (TPSA) is 81.0 Å². The van der Waals surface area contributed by atoms with Crippen molar-refractivity contribution in [2.24, 2.45) is 0 Å². The molecular formula is C36H34N2O5. The number of aromatic nitrogens is 1. The second-order valence-electron chi connectivity index (χ2n) is 10.7. The largest absolute Gasteiger partial charge is 0.502 e. The molecule has 0 unspecified atom stereocenters. The second-order valence-corrected chi connectivity index (χ2v) is 10.7. The minimum atomic E-state index is -0.0749. The first-order chi connectivity index (χ1) is 21.0. The molecular weight excluding hydrogens is 540 g/mol. The Morgan fingerprint density at radius 1 is 0.721 bits per heavy atom. The third-order valence-electron chi connectivity index (χ3n) is 8.17. The lowest BCUT2D eigenvalue weighted by molar-refractivity contribution is -0.113. The summed E-state index contributed by atoms with van der Waals surface area (Å²) < 4.78 is 12.9. The van der Waals surface area contributed by atoms with Crippen molar-refractivity contribution in [1.29, 1.82) is 0 Å². The van der Waals surface area contributed by atoms with Gasteiger partial charge in [-0.2, -0.15) is 0 Å². The number of unbranched alkanes of at least 4 members (excludes halogenated alkanes) is 3. The quantitative estimate of drug-likeness (QED) is 0.110. The predicted molar refractivity (Wildman–Crippen MR) is 172 cm³/mol. The first-order valence-corrected chi connectivity index (χ1v) is 14.6. The smallest absolute Gasteiger partial charge is 0.258 e. The van der Waals surface area contributed by atoms with E-state index in [0.29, 0.717) is 17.7 Å². The van der Waals surface area contributed by atoms with Gasteiger partial charge in [-0.25, -0.2) is 0 Å². The number of amides is 1. The summed E-state index contributed by atoms with van der Waals surface area (Å²) in [6.45, 7) is 1.44. The van der Waals surface area contributed by atoms with Crippen LogP contribution in [0.4, 0.5) is 5.69 Å². The lowest BCUT2D eigenvalue weighted by Gasteiger charge is -2.17. The van der Waals surface area contributed by atoms with Crippen LogP contribution in [0, 0.1) is 0 Å². The zero-order valence-electron chi connectivity index (χ0n) is 24.4. The number of aromatic hydroxyl groups is 1. The van der Waals surface area contributed by atoms with Crippen LogP contribution < -0.4 is 19.8 Å². The number of phenolic OH excluding ortho intramolecular Hbond substituents is 1. The van der Waals surface area contributed by atoms with Gasteiger partial charge in [0.25, 0.3) is 5.91 Å². The summed E-state index contributed by atoms with van der Waals surface area (Å²) in [5.74, 6) is 0.447. The Balaban J connectivity index is 1.14. The molecule has 0 atom stereocenters. The van der Waals surface area contributed by atoms with Gasteiger partial charge in [0.05, 0.1) is 30.9 Å². The van der Waals surface area contributed by atoms with Gasteiger partial charge in [-0.15, -0.1) is 0 Å². The Labute approximate surface area is 250 Å². The average Bonchev–Trinajstić information content (AvgIpc) is 3.30. The van der Waals surface area contributed by atoms with Crippen LogP contribution in [-0.2, 0) is 11.3 Å². The predicted octanol–water partition coefficient (Wildman–Crippen LogP) is 7.03. The number of hydrogen-bond acceptors (Lipinski definition) is 5. The summed E-state index contributed by atoms with van der Waals surface area (Å²) in [5, 5.41) is 11.8. The summed E-state index contributed by atoms with van der Waals surface area (Å²) in [6.07, 6.45) is 5.66. The highest BCUT2D eigenvalue weighted by Crippen LogP contribution is 2.41. The van der Waals surface area contributed by atoms with Crippen molar-refractivity contribution in [3.05, 3.63) is 106 Å². The molecule has 7 heteroatoms. The van der Waals surface area contributed by atoms with E-state index in [-0.39, 0.29) is 28.6 Å². The molecule has 1 amide bonds. The Hall–Kier alpha value is -5.04. The fourth-order valence-corrected chi connectivity index (χ4v) is 6.04. The number of para-hydroxylation sites is 3. The molecule has 1 aliphatic heterocycles. The highest BCUT2D eigenvalue weighted by Gasteiger charge is 2.31. The normalized spacial score (nSPS) is 13.7. The molecule has 1 aromatic heterocycles. The van der Waals surface area contributed by atoms with Gasteiger partial charge >= 0.3 is 0 Å². The molecule has 0 spiro atoms. The summed E-state index contributed by atoms with van der Waals surface area (Å²) in [7, 11) is 2.96. The van der Waals surface area contributed by atoms with Gasteiger partial charge < -0.3 is 24.0 Å². The van der Waals surface area contributed by atoms with Crippen molar-refractivity contribution in [1.82, 2.24) is 4.57 Å². The molecule has 0 aliphatic carbocycles. The maximum Gasteiger partial charge on any atom is 0.258 e. The van der Waals surface area contributed by atoms with Gasteiger partial charge in [-0.05, 0) is 66.9 Å². The Kier molecular flexibility index (Phi) is 7.88. The molecule has 43 heavy (non-hydrogen) atoms. The molecule has 2 heterocycles. The first kappa shape index (κ1) is 28.1. The summed E-state index contributed by atoms with van der Waals surface area (Å²) >= 11 is 0. The first-order valence-electron chi connectivity index (χ1n) is 14.6. The zero-order valence-corrected chi connectivity index (χ0v) is 24.4. The molecule has 6 rings (SSSR count). The van der Waals surface area contributed by atoms with Gasteiger partial charge in [0.2, 0.25) is 5.75 Å². The summed E-state index contributed by atoms with van der Waals surface area (Å²) in [4.78, 5) is 28.5. The van der Waals surface area contributed by atoms with Crippen LogP contribution in [0.5, 0.6) is 17.2 Å². The molecule has 218 valence electrons. The maximum atomic E-state index is 13.6. The number of aryl methyl sites for hydroxylation is 1. The van der Waals surface area contributed by atoms with Crippen molar-refractivity contribution >= 4 is 45.0 Å². The van der Waals surface area contributed by atoms with E-state index in [0.717, 1.165) is 65.3 Å². The third-order valence-corrected chi connectivity index (χ3v) is 8.17. The van der Waals surface area contributed by atoms with Crippen LogP contribution in [0.25, 0.3) is 33.5 Å². The van der Waals surface area contributed by atoms with E-state index >= 15 is 0 Å². The maximum absolute atomic E-state index is 13.6. The number of hydrogen-bond donors (Lipinski definition) is 1. The highest BCUT2D eigenvalue weighted by molar-refractivity contribution is 6.35. The Morgan fingerprint density at radius 2 is 1.28 bits per heavy atom. The van der Waals surface area contributed by atoms with Crippen molar-refractivity contribution in [2.45, 2.75) is 32.2 Å². The number of carbonyl (C=O) groups is 1. The summed E-state index contributed by atoms with van der Waals surface area (Å²) in [5.41, 5.74) is 5.10. The number of fused-ring (bicyclic) bond motifs is 3. The van der Waals surface area contributed by atoms with Crippen LogP contribution >= 0.6 is 0 Å². The SMILES string of the molecule is COc1cc(/C=C2\C(=O)N(CCCCCCn3c4ccccc4c(=O)c4ccccc43)c3ccccc32)cc(OC)c1O. The van der Waals surface area contributed by atoms with Gasteiger partial charge in [0.1, 0.15) is 0 Å². The van der Waals surface area contributed by atoms with E-state index in [1.54, 1.807) is 12.1 Å². The van der Waals surface area contributed by atoms with Gasteiger partial charge in [0.15, 0.2) is 16.9 Å². The summed E-state index contributed by atoms with van der Waals surface area (Å²) in [6, 6.07) is 26.9. The van der Waals surface area contributed by atoms with Crippen molar-refractivity contribution in [2.75, 3.05) is 25.7 Å². The number of phenols is 1. The number of nitrogens with zero attached hydrogens (tertiary/aromatic N) is 2. The zero-order chi connectivity index (χ0) is 29.9. The number of methoxy groups -OCH3 is 2. The van der Waals surface area contributed by atoms with E-state index in [4.69, 9.17) is 9.47 Å². The van der Waals surface area contributed by atoms with Crippen LogP contribution in [-0.4, -0.2) is 36.3 Å². The van der Waals surface area contributed by atoms with E-state index in [1.807, 2.05) is 83.8 Å². The van der Waals surface area contributed by atoms with E-state index < -0.39 is 0 Å². The van der Waals surface area contributed by atoms with Gasteiger partial charge in [0, 0.05) is 35.0 Å². The molecule has 0 saturated carbocycles. The highest BCUT2D eigenvalue weighted by atomic mass is 16.5. The van der Waals surface area contributed by atoms with Crippen LogP contribution in [0.3, 0.4) is 0 Å². The number of pyridine rings is 1. The number of benzene rings is 4. The average molecular weight is 575 g/mol. The van der Waals surface area contributed by atoms with Crippen molar-refractivity contribution in [3.63, 3.8) is 0 Å². The van der Waals surface area contributed by atoms with E-state index in [9.17, 15) is 14.7 Å². The molecule has 0 saturated heterocycles. The standard InChI is InChI=1S/C36H34N2O5/c1-42-32-22-24(23-33(43-2)35(32)40)21-28-25-13-5-8-16-29(25)38(36(28)41)20-12-4-3-11-19-37-30-17-9-6-14-26(30)34(39)27-15-7-10-18-31(27)37/h5-10,13-18,21-23,40H,3-4,11-12,19-20H2,1-2H3/b28-21-. The fourth-order valence-electron chi connectivity index (χ4n) is 6.04. The molecule has 5 aromatic rings. The van der Waals surface area contributed by atoms with Crippen LogP contribution in [0.2, 0.25) is 0 Å². The van der Waals surface area contributed by atoms with Crippen molar-refractivity contribution in [3.8, 4) is 17.2 Å². The molecule has 1 N–H and O–H groups in total. The second kappa shape index (κ2) is 12.1. The number of ether oxygens (including phenoxy) is 2. The monoisotopic (exact) mass is 574 g/mol. The lowest BCUT2D eigenvalue weighted by Crippen LogP contribution is -2.27. The van der Waals surface area contributed by atoms with E-state index in [1.165, 1.54) is 14.2 Å². The Bertz CT molecular complexity index is 1840.